The molecular formula is C14H20ClNaO2S. The summed E-state index contributed by atoms with van der Waals surface area (Å²) in [5.41, 5.74) is 3.82. The number of rotatable bonds is 6. The van der Waals surface area contributed by atoms with Crippen molar-refractivity contribution >= 4 is 21.4 Å². The summed E-state index contributed by atoms with van der Waals surface area (Å²) in [7, 11) is -3.11. The molecule has 0 saturated carbocycles. The van der Waals surface area contributed by atoms with Crippen LogP contribution < -0.4 is 29.6 Å². The van der Waals surface area contributed by atoms with Crippen LogP contribution in [0.2, 0.25) is 0 Å². The summed E-state index contributed by atoms with van der Waals surface area (Å²) in [5.74, 6) is 2.07. The Balaban J connectivity index is 0.00000324. The Labute approximate surface area is 144 Å². The topological polar surface area (TPSA) is 34.1 Å². The zero-order valence-electron chi connectivity index (χ0n) is 12.2. The van der Waals surface area contributed by atoms with E-state index in [9.17, 15) is 8.42 Å². The minimum atomic E-state index is -3.11. The van der Waals surface area contributed by atoms with Crippen molar-refractivity contribution in [2.45, 2.75) is 39.5 Å². The SMILES string of the molecule is CCCCS(=O)(=O)[CH-]c1cc(C)c(CCl)cc1C.[Na+]. The van der Waals surface area contributed by atoms with Gasteiger partial charge in [0.05, 0.1) is 0 Å². The zero-order valence-corrected chi connectivity index (χ0v) is 15.7. The first kappa shape index (κ1) is 19.3. The van der Waals surface area contributed by atoms with Crippen LogP contribution in [0.5, 0.6) is 0 Å². The molecule has 0 aliphatic rings. The number of hydrogen-bond acceptors (Lipinski definition) is 2. The first-order chi connectivity index (χ1) is 8.39. The van der Waals surface area contributed by atoms with Crippen molar-refractivity contribution in [1.82, 2.24) is 0 Å². The zero-order chi connectivity index (χ0) is 13.8. The fourth-order valence-corrected chi connectivity index (χ4v) is 3.50. The number of alkyl halides is 1. The standard InChI is InChI=1S/C14H20ClO2S.Na/c1-4-5-6-18(16,17)10-14-8-11(2)13(9-15)7-12(14)3;/h7-8,10H,4-6,9H2,1-3H3;/q-1;+1. The predicted molar refractivity (Wildman–Crippen MR) is 77.6 cm³/mol. The van der Waals surface area contributed by atoms with Gasteiger partial charge in [0, 0.05) is 11.6 Å². The molecule has 0 N–H and O–H groups in total. The van der Waals surface area contributed by atoms with Crippen LogP contribution in [0.25, 0.3) is 0 Å². The van der Waals surface area contributed by atoms with Gasteiger partial charge in [0.15, 0.2) is 0 Å². The third-order valence-corrected chi connectivity index (χ3v) is 4.72. The Morgan fingerprint density at radius 3 is 2.37 bits per heavy atom. The second kappa shape index (κ2) is 8.58. The van der Waals surface area contributed by atoms with Gasteiger partial charge in [-0.2, -0.15) is 17.2 Å². The van der Waals surface area contributed by atoms with Crippen molar-refractivity contribution < 1.29 is 38.0 Å². The molecule has 2 nitrogen and oxygen atoms in total. The fraction of sp³-hybridized carbons (Fsp3) is 0.500. The largest absolute Gasteiger partial charge is 1.00 e. The first-order valence-corrected chi connectivity index (χ1v) is 8.38. The second-order valence-corrected chi connectivity index (χ2v) is 6.84. The van der Waals surface area contributed by atoms with Crippen molar-refractivity contribution in [2.75, 3.05) is 5.75 Å². The molecule has 0 aliphatic heterocycles. The van der Waals surface area contributed by atoms with E-state index in [-0.39, 0.29) is 35.3 Å². The van der Waals surface area contributed by atoms with E-state index in [0.29, 0.717) is 12.3 Å². The summed E-state index contributed by atoms with van der Waals surface area (Å²) in [6, 6.07) is 3.86. The Morgan fingerprint density at radius 2 is 1.84 bits per heavy atom. The van der Waals surface area contributed by atoms with E-state index in [2.05, 4.69) is 0 Å². The van der Waals surface area contributed by atoms with Gasteiger partial charge < -0.3 is 0 Å². The summed E-state index contributed by atoms with van der Waals surface area (Å²) in [6.45, 7) is 5.85. The smallest absolute Gasteiger partial charge is 0.237 e. The number of hydrogen-bond donors (Lipinski definition) is 0. The molecule has 1 rings (SSSR count). The molecule has 0 fully saturated rings. The molecule has 1 aromatic carbocycles. The minimum absolute atomic E-state index is 0. The Hall–Kier alpha value is 0.330. The molecule has 0 radical (unpaired) electrons. The molecule has 5 heteroatoms. The van der Waals surface area contributed by atoms with Crippen LogP contribution in [0.3, 0.4) is 0 Å². The van der Waals surface area contributed by atoms with Crippen molar-refractivity contribution in [3.8, 4) is 0 Å². The van der Waals surface area contributed by atoms with Crippen molar-refractivity contribution in [3.63, 3.8) is 0 Å². The van der Waals surface area contributed by atoms with E-state index >= 15 is 0 Å². The summed E-state index contributed by atoms with van der Waals surface area (Å²) in [5, 5.41) is 0. The molecule has 0 spiro atoms. The fourth-order valence-electron chi connectivity index (χ4n) is 1.77. The van der Waals surface area contributed by atoms with Crippen molar-refractivity contribution in [1.29, 1.82) is 0 Å². The second-order valence-electron chi connectivity index (χ2n) is 4.61. The number of aryl methyl sites for hydroxylation is 2. The summed E-state index contributed by atoms with van der Waals surface area (Å²) >= 11 is 5.83. The van der Waals surface area contributed by atoms with Gasteiger partial charge in [0.1, 0.15) is 9.84 Å². The Bertz CT molecular complexity index is 512. The quantitative estimate of drug-likeness (QED) is 0.442. The molecule has 0 saturated heterocycles. The molecule has 0 heterocycles. The minimum Gasteiger partial charge on any atom is -0.237 e. The van der Waals surface area contributed by atoms with Gasteiger partial charge in [-0.25, -0.2) is 8.42 Å². The monoisotopic (exact) mass is 310 g/mol. The molecule has 0 bridgehead atoms. The summed E-state index contributed by atoms with van der Waals surface area (Å²) in [6.07, 6.45) is 1.59. The van der Waals surface area contributed by atoms with Gasteiger partial charge in [0.25, 0.3) is 0 Å². The Kier molecular flexibility index (Phi) is 8.73. The average molecular weight is 311 g/mol. The van der Waals surface area contributed by atoms with Crippen LogP contribution in [-0.2, 0) is 15.7 Å². The molecule has 0 aromatic heterocycles. The normalized spacial score (nSPS) is 10.9. The summed E-state index contributed by atoms with van der Waals surface area (Å²) in [4.78, 5) is 0. The third-order valence-electron chi connectivity index (χ3n) is 2.96. The molecule has 1 aromatic rings. The van der Waals surface area contributed by atoms with Crippen molar-refractivity contribution in [3.05, 3.63) is 40.1 Å². The van der Waals surface area contributed by atoms with Gasteiger partial charge in [-0.05, 0) is 6.42 Å². The predicted octanol–water partition coefficient (Wildman–Crippen LogP) is 0.771. The molecule has 0 aliphatic carbocycles. The molecule has 0 atom stereocenters. The number of unbranched alkanes of at least 4 members (excludes halogenated alkanes) is 1. The number of benzene rings is 1. The number of halogens is 1. The van der Waals surface area contributed by atoms with Crippen LogP contribution in [-0.4, -0.2) is 14.2 Å². The van der Waals surface area contributed by atoms with Crippen LogP contribution >= 0.6 is 11.6 Å². The summed E-state index contributed by atoms with van der Waals surface area (Å²) < 4.78 is 23.8. The van der Waals surface area contributed by atoms with Gasteiger partial charge >= 0.3 is 29.6 Å². The maximum absolute atomic E-state index is 11.9. The third kappa shape index (κ3) is 6.09. The van der Waals surface area contributed by atoms with E-state index in [0.717, 1.165) is 28.7 Å². The molecule has 0 amide bonds. The Morgan fingerprint density at radius 1 is 1.21 bits per heavy atom. The van der Waals surface area contributed by atoms with Gasteiger partial charge in [-0.1, -0.05) is 38.5 Å². The van der Waals surface area contributed by atoms with Gasteiger partial charge in [-0.3, -0.25) is 0 Å². The maximum Gasteiger partial charge on any atom is 1.00 e. The van der Waals surface area contributed by atoms with Crippen molar-refractivity contribution in [2.24, 2.45) is 0 Å². The molecule has 102 valence electrons. The van der Waals surface area contributed by atoms with Crippen LogP contribution in [0.15, 0.2) is 12.1 Å². The van der Waals surface area contributed by atoms with E-state index in [1.165, 1.54) is 5.75 Å². The van der Waals surface area contributed by atoms with Gasteiger partial charge in [0.2, 0.25) is 0 Å². The molecule has 0 unspecified atom stereocenters. The van der Waals surface area contributed by atoms with Gasteiger partial charge in [-0.15, -0.1) is 23.2 Å². The van der Waals surface area contributed by atoms with Crippen LogP contribution in [0.4, 0.5) is 0 Å². The van der Waals surface area contributed by atoms with Crippen LogP contribution in [0.1, 0.15) is 42.0 Å². The van der Waals surface area contributed by atoms with Crippen LogP contribution in [0, 0.1) is 19.6 Å². The van der Waals surface area contributed by atoms with E-state index in [4.69, 9.17) is 11.6 Å². The maximum atomic E-state index is 11.9. The van der Waals surface area contributed by atoms with E-state index in [1.54, 1.807) is 0 Å². The average Bonchev–Trinajstić information content (AvgIpc) is 2.30. The molecular weight excluding hydrogens is 291 g/mol. The van der Waals surface area contributed by atoms with E-state index < -0.39 is 9.84 Å². The van der Waals surface area contributed by atoms with E-state index in [1.807, 2.05) is 32.9 Å². The molecule has 19 heavy (non-hydrogen) atoms. The first-order valence-electron chi connectivity index (χ1n) is 6.13. The number of sulfone groups is 1.